The van der Waals surface area contributed by atoms with Crippen LogP contribution in [0.4, 0.5) is 15.8 Å². The molecule has 0 spiro atoms. The second-order valence-corrected chi connectivity index (χ2v) is 7.10. The Morgan fingerprint density at radius 1 is 1.07 bits per heavy atom. The van der Waals surface area contributed by atoms with Gasteiger partial charge < -0.3 is 15.1 Å². The van der Waals surface area contributed by atoms with Gasteiger partial charge in [0.2, 0.25) is 0 Å². The molecule has 0 aliphatic carbocycles. The average molecular weight is 419 g/mol. The molecule has 0 aromatic heterocycles. The quantitative estimate of drug-likeness (QED) is 0.593. The molecule has 144 valence electrons. The minimum atomic E-state index is -0.345. The van der Waals surface area contributed by atoms with E-state index in [-0.39, 0.29) is 17.3 Å². The van der Waals surface area contributed by atoms with E-state index >= 15 is 0 Å². The number of hydrogen-bond donors (Lipinski definition) is 1. The van der Waals surface area contributed by atoms with Gasteiger partial charge in [-0.05, 0) is 42.5 Å². The van der Waals surface area contributed by atoms with Gasteiger partial charge in [-0.25, -0.2) is 4.39 Å². The number of piperazine rings is 1. The molecule has 8 heteroatoms. The van der Waals surface area contributed by atoms with E-state index in [0.717, 1.165) is 5.69 Å². The van der Waals surface area contributed by atoms with Crippen molar-refractivity contribution in [3.63, 3.8) is 0 Å². The van der Waals surface area contributed by atoms with E-state index in [0.29, 0.717) is 41.9 Å². The SMILES string of the molecule is N#C/C(=C/Nc1cc(Cl)cc(Cl)c1)C(=O)N1CCN(c2ccc(F)cc2)CC1. The summed E-state index contributed by atoms with van der Waals surface area (Å²) in [6.07, 6.45) is 1.36. The van der Waals surface area contributed by atoms with E-state index in [4.69, 9.17) is 23.2 Å². The van der Waals surface area contributed by atoms with Crippen LogP contribution in [0, 0.1) is 17.1 Å². The Bertz CT molecular complexity index is 912. The van der Waals surface area contributed by atoms with Crippen molar-refractivity contribution < 1.29 is 9.18 Å². The van der Waals surface area contributed by atoms with Crippen LogP contribution in [-0.4, -0.2) is 37.0 Å². The topological polar surface area (TPSA) is 59.4 Å². The van der Waals surface area contributed by atoms with E-state index in [1.54, 1.807) is 35.2 Å². The lowest BCUT2D eigenvalue weighted by molar-refractivity contribution is -0.127. The average Bonchev–Trinajstić information content (AvgIpc) is 2.68. The number of rotatable bonds is 4. The smallest absolute Gasteiger partial charge is 0.266 e. The van der Waals surface area contributed by atoms with Gasteiger partial charge in [0.05, 0.1) is 0 Å². The minimum absolute atomic E-state index is 0.00803. The molecule has 28 heavy (non-hydrogen) atoms. The van der Waals surface area contributed by atoms with Gasteiger partial charge in [0.25, 0.3) is 5.91 Å². The zero-order valence-corrected chi connectivity index (χ0v) is 16.3. The Hall–Kier alpha value is -2.75. The monoisotopic (exact) mass is 418 g/mol. The lowest BCUT2D eigenvalue weighted by Gasteiger charge is -2.36. The molecule has 1 aliphatic rings. The lowest BCUT2D eigenvalue weighted by Crippen LogP contribution is -2.49. The fraction of sp³-hybridized carbons (Fsp3) is 0.200. The molecular formula is C20H17Cl2FN4O. The highest BCUT2D eigenvalue weighted by molar-refractivity contribution is 6.35. The largest absolute Gasteiger partial charge is 0.368 e. The summed E-state index contributed by atoms with van der Waals surface area (Å²) in [6, 6.07) is 13.1. The number of amides is 1. The zero-order chi connectivity index (χ0) is 20.1. The van der Waals surface area contributed by atoms with Gasteiger partial charge in [0.15, 0.2) is 0 Å². The molecule has 1 N–H and O–H groups in total. The third-order valence-corrected chi connectivity index (χ3v) is 4.79. The Kier molecular flexibility index (Phi) is 6.40. The molecule has 1 amide bonds. The van der Waals surface area contributed by atoms with E-state index in [2.05, 4.69) is 10.2 Å². The van der Waals surface area contributed by atoms with Crippen molar-refractivity contribution in [1.82, 2.24) is 4.90 Å². The van der Waals surface area contributed by atoms with E-state index in [9.17, 15) is 14.4 Å². The number of halogens is 3. The Balaban J connectivity index is 1.62. The minimum Gasteiger partial charge on any atom is -0.368 e. The zero-order valence-electron chi connectivity index (χ0n) is 14.8. The van der Waals surface area contributed by atoms with Gasteiger partial charge in [0.1, 0.15) is 17.5 Å². The molecule has 3 rings (SSSR count). The predicted octanol–water partition coefficient (Wildman–Crippen LogP) is 4.30. The lowest BCUT2D eigenvalue weighted by atomic mass is 10.2. The fourth-order valence-corrected chi connectivity index (χ4v) is 3.45. The predicted molar refractivity (Wildman–Crippen MR) is 109 cm³/mol. The molecule has 0 radical (unpaired) electrons. The standard InChI is InChI=1S/C20H17Cl2FN4O/c21-15-9-16(22)11-18(10-15)25-13-14(12-24)20(28)27-7-5-26(6-8-27)19-3-1-17(23)2-4-19/h1-4,9-11,13,25H,5-8H2/b14-13-. The summed E-state index contributed by atoms with van der Waals surface area (Å²) in [5.41, 5.74) is 1.48. The number of nitrogens with zero attached hydrogens (tertiary/aromatic N) is 3. The van der Waals surface area contributed by atoms with Crippen LogP contribution in [0.5, 0.6) is 0 Å². The molecule has 0 unspecified atom stereocenters. The molecule has 0 bridgehead atoms. The van der Waals surface area contributed by atoms with Gasteiger partial charge in [-0.15, -0.1) is 0 Å². The molecule has 2 aromatic carbocycles. The number of nitrogens with one attached hydrogen (secondary N) is 1. The molecule has 0 saturated carbocycles. The summed E-state index contributed by atoms with van der Waals surface area (Å²) in [5, 5.41) is 13.2. The number of carbonyl (C=O) groups excluding carboxylic acids is 1. The summed E-state index contributed by atoms with van der Waals surface area (Å²) in [4.78, 5) is 16.3. The van der Waals surface area contributed by atoms with Crippen molar-refractivity contribution in [2.45, 2.75) is 0 Å². The van der Waals surface area contributed by atoms with Gasteiger partial charge >= 0.3 is 0 Å². The van der Waals surface area contributed by atoms with Gasteiger partial charge in [-0.2, -0.15) is 5.26 Å². The highest BCUT2D eigenvalue weighted by Gasteiger charge is 2.24. The summed E-state index contributed by atoms with van der Waals surface area (Å²) in [6.45, 7) is 2.15. The molecule has 1 fully saturated rings. The number of nitriles is 1. The maximum Gasteiger partial charge on any atom is 0.266 e. The Morgan fingerprint density at radius 2 is 1.68 bits per heavy atom. The summed E-state index contributed by atoms with van der Waals surface area (Å²) >= 11 is 11.9. The summed E-state index contributed by atoms with van der Waals surface area (Å²) in [7, 11) is 0. The molecule has 5 nitrogen and oxygen atoms in total. The van der Waals surface area contributed by atoms with Crippen molar-refractivity contribution in [2.75, 3.05) is 36.4 Å². The van der Waals surface area contributed by atoms with Crippen LogP contribution >= 0.6 is 23.2 Å². The normalized spacial score (nSPS) is 14.6. The van der Waals surface area contributed by atoms with Crippen LogP contribution in [0.2, 0.25) is 10.0 Å². The third-order valence-electron chi connectivity index (χ3n) is 4.36. The van der Waals surface area contributed by atoms with Crippen molar-refractivity contribution >= 4 is 40.5 Å². The van der Waals surface area contributed by atoms with Crippen LogP contribution in [-0.2, 0) is 4.79 Å². The van der Waals surface area contributed by atoms with Gasteiger partial charge in [0, 0.05) is 53.8 Å². The van der Waals surface area contributed by atoms with Crippen LogP contribution in [0.3, 0.4) is 0 Å². The first-order chi connectivity index (χ1) is 13.5. The third kappa shape index (κ3) is 4.94. The fourth-order valence-electron chi connectivity index (χ4n) is 2.92. The highest BCUT2D eigenvalue weighted by atomic mass is 35.5. The van der Waals surface area contributed by atoms with Crippen molar-refractivity contribution in [3.8, 4) is 6.07 Å². The Labute approximate surface area is 172 Å². The molecule has 2 aromatic rings. The number of hydrogen-bond acceptors (Lipinski definition) is 4. The van der Waals surface area contributed by atoms with E-state index in [1.165, 1.54) is 18.3 Å². The number of carbonyl (C=O) groups is 1. The highest BCUT2D eigenvalue weighted by Crippen LogP contribution is 2.23. The van der Waals surface area contributed by atoms with Crippen LogP contribution in [0.25, 0.3) is 0 Å². The molecule has 1 aliphatic heterocycles. The van der Waals surface area contributed by atoms with Gasteiger partial charge in [-0.1, -0.05) is 23.2 Å². The van der Waals surface area contributed by atoms with Crippen LogP contribution < -0.4 is 10.2 Å². The summed E-state index contributed by atoms with van der Waals surface area (Å²) in [5.74, 6) is -0.628. The number of benzene rings is 2. The van der Waals surface area contributed by atoms with Crippen molar-refractivity contribution in [1.29, 1.82) is 5.26 Å². The Morgan fingerprint density at radius 3 is 2.25 bits per heavy atom. The van der Waals surface area contributed by atoms with Crippen LogP contribution in [0.15, 0.2) is 54.2 Å². The first-order valence-electron chi connectivity index (χ1n) is 8.59. The molecule has 0 atom stereocenters. The first-order valence-corrected chi connectivity index (χ1v) is 9.34. The molecular weight excluding hydrogens is 402 g/mol. The van der Waals surface area contributed by atoms with Crippen LogP contribution in [0.1, 0.15) is 0 Å². The summed E-state index contributed by atoms with van der Waals surface area (Å²) < 4.78 is 13.1. The van der Waals surface area contributed by atoms with E-state index in [1.807, 2.05) is 6.07 Å². The molecule has 1 saturated heterocycles. The maximum atomic E-state index is 13.1. The molecule has 1 heterocycles. The maximum absolute atomic E-state index is 13.1. The van der Waals surface area contributed by atoms with Gasteiger partial charge in [-0.3, -0.25) is 4.79 Å². The van der Waals surface area contributed by atoms with Crippen molar-refractivity contribution in [2.24, 2.45) is 0 Å². The second-order valence-electron chi connectivity index (χ2n) is 6.23. The first kappa shape index (κ1) is 20.0. The van der Waals surface area contributed by atoms with Crippen molar-refractivity contribution in [3.05, 3.63) is 70.1 Å². The second kappa shape index (κ2) is 8.96. The number of anilines is 2. The van der Waals surface area contributed by atoms with E-state index < -0.39 is 0 Å².